The van der Waals surface area contributed by atoms with E-state index < -0.39 is 5.97 Å². The van der Waals surface area contributed by atoms with Gasteiger partial charge in [0.15, 0.2) is 0 Å². The number of carboxylic acid groups (broad SMARTS) is 1. The van der Waals surface area contributed by atoms with Crippen LogP contribution in [0.4, 0.5) is 0 Å². The van der Waals surface area contributed by atoms with Crippen LogP contribution in [0, 0.1) is 13.8 Å². The van der Waals surface area contributed by atoms with Gasteiger partial charge >= 0.3 is 5.97 Å². The SMILES string of the molecule is COc1cc(C(N)CCC(=O)O)cc(C)c1C. The van der Waals surface area contributed by atoms with E-state index in [9.17, 15) is 4.79 Å². The molecule has 94 valence electrons. The predicted molar refractivity (Wildman–Crippen MR) is 66.3 cm³/mol. The van der Waals surface area contributed by atoms with Gasteiger partial charge in [-0.15, -0.1) is 0 Å². The molecule has 0 radical (unpaired) electrons. The molecule has 0 heterocycles. The molecule has 0 aliphatic heterocycles. The number of carbonyl (C=O) groups is 1. The van der Waals surface area contributed by atoms with Gasteiger partial charge in [-0.05, 0) is 43.0 Å². The maximum atomic E-state index is 10.5. The summed E-state index contributed by atoms with van der Waals surface area (Å²) >= 11 is 0. The molecular weight excluding hydrogens is 218 g/mol. The molecule has 0 saturated carbocycles. The van der Waals surface area contributed by atoms with Crippen LogP contribution in [0.3, 0.4) is 0 Å². The molecular formula is C13H19NO3. The Bertz CT molecular complexity index is 415. The van der Waals surface area contributed by atoms with Crippen molar-refractivity contribution < 1.29 is 14.6 Å². The van der Waals surface area contributed by atoms with Crippen molar-refractivity contribution in [2.24, 2.45) is 5.73 Å². The number of aryl methyl sites for hydroxylation is 1. The van der Waals surface area contributed by atoms with E-state index in [0.29, 0.717) is 6.42 Å². The fourth-order valence-corrected chi connectivity index (χ4v) is 1.73. The summed E-state index contributed by atoms with van der Waals surface area (Å²) in [6, 6.07) is 3.61. The second-order valence-corrected chi connectivity index (χ2v) is 4.20. The van der Waals surface area contributed by atoms with Gasteiger partial charge in [0.2, 0.25) is 0 Å². The molecule has 1 unspecified atom stereocenters. The number of aliphatic carboxylic acids is 1. The number of benzene rings is 1. The fraction of sp³-hybridized carbons (Fsp3) is 0.462. The average molecular weight is 237 g/mol. The fourth-order valence-electron chi connectivity index (χ4n) is 1.73. The summed E-state index contributed by atoms with van der Waals surface area (Å²) < 4.78 is 5.27. The highest BCUT2D eigenvalue weighted by atomic mass is 16.5. The number of hydrogen-bond acceptors (Lipinski definition) is 3. The monoisotopic (exact) mass is 237 g/mol. The second kappa shape index (κ2) is 5.68. The van der Waals surface area contributed by atoms with Gasteiger partial charge in [-0.25, -0.2) is 0 Å². The predicted octanol–water partition coefficient (Wildman–Crippen LogP) is 2.18. The van der Waals surface area contributed by atoms with Crippen LogP contribution in [0.1, 0.15) is 35.6 Å². The van der Waals surface area contributed by atoms with E-state index in [1.54, 1.807) is 7.11 Å². The molecule has 0 aliphatic rings. The number of rotatable bonds is 5. The number of ether oxygens (including phenoxy) is 1. The van der Waals surface area contributed by atoms with Crippen molar-refractivity contribution in [3.05, 3.63) is 28.8 Å². The Morgan fingerprint density at radius 2 is 2.12 bits per heavy atom. The molecule has 0 aromatic heterocycles. The van der Waals surface area contributed by atoms with Gasteiger partial charge in [-0.2, -0.15) is 0 Å². The minimum Gasteiger partial charge on any atom is -0.496 e. The summed E-state index contributed by atoms with van der Waals surface area (Å²) in [6.07, 6.45) is 0.511. The van der Waals surface area contributed by atoms with Crippen molar-refractivity contribution >= 4 is 5.97 Å². The maximum Gasteiger partial charge on any atom is 0.303 e. The third-order valence-electron chi connectivity index (χ3n) is 2.96. The van der Waals surface area contributed by atoms with Crippen LogP contribution >= 0.6 is 0 Å². The van der Waals surface area contributed by atoms with E-state index in [4.69, 9.17) is 15.6 Å². The minimum absolute atomic E-state index is 0.0798. The summed E-state index contributed by atoms with van der Waals surface area (Å²) in [6.45, 7) is 3.98. The van der Waals surface area contributed by atoms with E-state index in [1.165, 1.54) is 0 Å². The first-order valence-electron chi connectivity index (χ1n) is 5.58. The van der Waals surface area contributed by atoms with Gasteiger partial charge in [-0.1, -0.05) is 6.07 Å². The van der Waals surface area contributed by atoms with Crippen LogP contribution < -0.4 is 10.5 Å². The van der Waals surface area contributed by atoms with E-state index in [0.717, 1.165) is 22.4 Å². The molecule has 1 aromatic carbocycles. The quantitative estimate of drug-likeness (QED) is 0.823. The molecule has 1 aromatic rings. The Morgan fingerprint density at radius 1 is 1.47 bits per heavy atom. The Morgan fingerprint density at radius 3 is 2.65 bits per heavy atom. The lowest BCUT2D eigenvalue weighted by molar-refractivity contribution is -0.137. The zero-order valence-electron chi connectivity index (χ0n) is 10.5. The van der Waals surface area contributed by atoms with Gasteiger partial charge in [0.25, 0.3) is 0 Å². The van der Waals surface area contributed by atoms with Crippen LogP contribution in [0.15, 0.2) is 12.1 Å². The Balaban J connectivity index is 2.90. The lowest BCUT2D eigenvalue weighted by atomic mass is 9.98. The smallest absolute Gasteiger partial charge is 0.303 e. The Kier molecular flexibility index (Phi) is 4.52. The van der Waals surface area contributed by atoms with Crippen LogP contribution in [-0.2, 0) is 4.79 Å². The van der Waals surface area contributed by atoms with Crippen LogP contribution in [0.5, 0.6) is 5.75 Å². The molecule has 0 saturated heterocycles. The molecule has 0 bridgehead atoms. The summed E-state index contributed by atoms with van der Waals surface area (Å²) in [4.78, 5) is 10.5. The Hall–Kier alpha value is -1.55. The highest BCUT2D eigenvalue weighted by Crippen LogP contribution is 2.27. The first-order chi connectivity index (χ1) is 7.95. The standard InChI is InChI=1S/C13H19NO3/c1-8-6-10(7-12(17-3)9(8)2)11(14)4-5-13(15)16/h6-7,11H,4-5,14H2,1-3H3,(H,15,16). The lowest BCUT2D eigenvalue weighted by Crippen LogP contribution is -2.13. The van der Waals surface area contributed by atoms with Gasteiger partial charge in [-0.3, -0.25) is 4.79 Å². The molecule has 0 aliphatic carbocycles. The van der Waals surface area contributed by atoms with E-state index >= 15 is 0 Å². The van der Waals surface area contributed by atoms with Gasteiger partial charge in [0, 0.05) is 12.5 Å². The van der Waals surface area contributed by atoms with Gasteiger partial charge in [0.05, 0.1) is 7.11 Å². The normalized spacial score (nSPS) is 12.2. The van der Waals surface area contributed by atoms with Crippen molar-refractivity contribution in [2.75, 3.05) is 7.11 Å². The molecule has 4 nitrogen and oxygen atoms in total. The molecule has 3 N–H and O–H groups in total. The van der Waals surface area contributed by atoms with Crippen molar-refractivity contribution in [2.45, 2.75) is 32.7 Å². The summed E-state index contributed by atoms with van der Waals surface area (Å²) in [5, 5.41) is 8.63. The van der Waals surface area contributed by atoms with Crippen molar-refractivity contribution in [1.82, 2.24) is 0 Å². The van der Waals surface area contributed by atoms with E-state index in [1.807, 2.05) is 26.0 Å². The lowest BCUT2D eigenvalue weighted by Gasteiger charge is -2.15. The molecule has 1 rings (SSSR count). The van der Waals surface area contributed by atoms with Crippen molar-refractivity contribution in [3.63, 3.8) is 0 Å². The topological polar surface area (TPSA) is 72.5 Å². The second-order valence-electron chi connectivity index (χ2n) is 4.20. The summed E-state index contributed by atoms with van der Waals surface area (Å²) in [5.74, 6) is -0.0259. The van der Waals surface area contributed by atoms with E-state index in [2.05, 4.69) is 0 Å². The third kappa shape index (κ3) is 3.46. The van der Waals surface area contributed by atoms with Crippen LogP contribution in [-0.4, -0.2) is 18.2 Å². The average Bonchev–Trinajstić information content (AvgIpc) is 2.29. The van der Waals surface area contributed by atoms with Gasteiger partial charge in [0.1, 0.15) is 5.75 Å². The largest absolute Gasteiger partial charge is 0.496 e. The third-order valence-corrected chi connectivity index (χ3v) is 2.96. The van der Waals surface area contributed by atoms with E-state index in [-0.39, 0.29) is 12.5 Å². The first kappa shape index (κ1) is 13.5. The zero-order chi connectivity index (χ0) is 13.0. The zero-order valence-corrected chi connectivity index (χ0v) is 10.5. The maximum absolute atomic E-state index is 10.5. The highest BCUT2D eigenvalue weighted by Gasteiger charge is 2.12. The number of nitrogens with two attached hydrogens (primary N) is 1. The summed E-state index contributed by atoms with van der Waals surface area (Å²) in [5.41, 5.74) is 9.08. The highest BCUT2D eigenvalue weighted by molar-refractivity contribution is 5.66. The number of hydrogen-bond donors (Lipinski definition) is 2. The summed E-state index contributed by atoms with van der Waals surface area (Å²) in [7, 11) is 1.62. The van der Waals surface area contributed by atoms with Gasteiger partial charge < -0.3 is 15.6 Å². The molecule has 0 amide bonds. The molecule has 0 spiro atoms. The van der Waals surface area contributed by atoms with Crippen LogP contribution in [0.25, 0.3) is 0 Å². The van der Waals surface area contributed by atoms with Crippen molar-refractivity contribution in [3.8, 4) is 5.75 Å². The first-order valence-corrected chi connectivity index (χ1v) is 5.58. The minimum atomic E-state index is -0.823. The number of methoxy groups -OCH3 is 1. The Labute approximate surface area is 101 Å². The molecule has 0 fully saturated rings. The van der Waals surface area contributed by atoms with Crippen molar-refractivity contribution in [1.29, 1.82) is 0 Å². The molecule has 1 atom stereocenters. The number of carboxylic acids is 1. The molecule has 17 heavy (non-hydrogen) atoms. The molecule has 4 heteroatoms. The van der Waals surface area contributed by atoms with Crippen LogP contribution in [0.2, 0.25) is 0 Å².